The van der Waals surface area contributed by atoms with Crippen molar-refractivity contribution in [1.82, 2.24) is 5.43 Å². The Balaban J connectivity index is 3.36. The van der Waals surface area contributed by atoms with Crippen LogP contribution in [-0.2, 0) is 0 Å². The van der Waals surface area contributed by atoms with Gasteiger partial charge < -0.3 is 5.73 Å². The molecule has 0 fully saturated rings. The zero-order valence-corrected chi connectivity index (χ0v) is 5.59. The van der Waals surface area contributed by atoms with Gasteiger partial charge in [0.15, 0.2) is 0 Å². The summed E-state index contributed by atoms with van der Waals surface area (Å²) in [7, 11) is 0. The van der Waals surface area contributed by atoms with E-state index < -0.39 is 6.03 Å². The minimum absolute atomic E-state index is 0.330. The van der Waals surface area contributed by atoms with E-state index in [0.29, 0.717) is 5.92 Å². The minimum Gasteiger partial charge on any atom is -0.350 e. The largest absolute Gasteiger partial charge is 0.350 e. The highest BCUT2D eigenvalue weighted by molar-refractivity contribution is 5.72. The van der Waals surface area contributed by atoms with E-state index in [4.69, 9.17) is 5.73 Å². The minimum atomic E-state index is -0.632. The van der Waals surface area contributed by atoms with E-state index in [-0.39, 0.29) is 0 Å². The Bertz CT molecular complexity index is 119. The second kappa shape index (κ2) is 3.88. The molecule has 4 nitrogen and oxygen atoms in total. The molecule has 0 aromatic carbocycles. The van der Waals surface area contributed by atoms with Gasteiger partial charge in [0.1, 0.15) is 0 Å². The van der Waals surface area contributed by atoms with Crippen molar-refractivity contribution < 1.29 is 4.79 Å². The van der Waals surface area contributed by atoms with Gasteiger partial charge in [-0.05, 0) is 5.92 Å². The molecule has 3 N–H and O–H groups in total. The topological polar surface area (TPSA) is 67.5 Å². The smallest absolute Gasteiger partial charge is 0.332 e. The number of amides is 2. The molecule has 0 spiro atoms. The van der Waals surface area contributed by atoms with Gasteiger partial charge in [0, 0.05) is 6.21 Å². The zero-order valence-electron chi connectivity index (χ0n) is 5.59. The van der Waals surface area contributed by atoms with Crippen molar-refractivity contribution in [3.05, 3.63) is 0 Å². The van der Waals surface area contributed by atoms with Crippen LogP contribution in [0.3, 0.4) is 0 Å². The van der Waals surface area contributed by atoms with Crippen LogP contribution in [-0.4, -0.2) is 12.2 Å². The lowest BCUT2D eigenvalue weighted by Crippen LogP contribution is -2.24. The molecule has 0 radical (unpaired) electrons. The van der Waals surface area contributed by atoms with Gasteiger partial charge in [0.2, 0.25) is 0 Å². The highest BCUT2D eigenvalue weighted by Gasteiger charge is 1.85. The summed E-state index contributed by atoms with van der Waals surface area (Å²) in [6.07, 6.45) is 1.60. The van der Waals surface area contributed by atoms with Gasteiger partial charge in [-0.3, -0.25) is 0 Å². The average molecular weight is 129 g/mol. The van der Waals surface area contributed by atoms with E-state index in [1.54, 1.807) is 6.21 Å². The zero-order chi connectivity index (χ0) is 7.28. The van der Waals surface area contributed by atoms with E-state index in [1.165, 1.54) is 0 Å². The quantitative estimate of drug-likeness (QED) is 0.408. The number of nitrogens with two attached hydrogens (primary N) is 1. The SMILES string of the molecule is CC(C)/C=N\NC(N)=O. The van der Waals surface area contributed by atoms with Crippen molar-refractivity contribution in [1.29, 1.82) is 0 Å². The fraction of sp³-hybridized carbons (Fsp3) is 0.600. The first-order chi connectivity index (χ1) is 4.13. The summed E-state index contributed by atoms with van der Waals surface area (Å²) in [6.45, 7) is 3.90. The molecule has 0 atom stereocenters. The predicted molar refractivity (Wildman–Crippen MR) is 36.0 cm³/mol. The molecule has 0 saturated carbocycles. The molecule has 0 heterocycles. The van der Waals surface area contributed by atoms with E-state index in [0.717, 1.165) is 0 Å². The molecule has 0 aromatic heterocycles. The normalized spacial score (nSPS) is 10.6. The number of carbonyl (C=O) groups excluding carboxylic acids is 1. The summed E-state index contributed by atoms with van der Waals surface area (Å²) in [5.74, 6) is 0.330. The Morgan fingerprint density at radius 1 is 1.78 bits per heavy atom. The van der Waals surface area contributed by atoms with Gasteiger partial charge in [0.25, 0.3) is 0 Å². The lowest BCUT2D eigenvalue weighted by molar-refractivity contribution is 0.249. The first-order valence-corrected chi connectivity index (χ1v) is 2.71. The van der Waals surface area contributed by atoms with Crippen LogP contribution in [0.25, 0.3) is 0 Å². The number of hydrogen-bond acceptors (Lipinski definition) is 2. The summed E-state index contributed by atoms with van der Waals surface area (Å²) < 4.78 is 0. The second-order valence-electron chi connectivity index (χ2n) is 2.00. The van der Waals surface area contributed by atoms with Gasteiger partial charge in [-0.25, -0.2) is 10.2 Å². The van der Waals surface area contributed by atoms with Crippen molar-refractivity contribution in [2.45, 2.75) is 13.8 Å². The van der Waals surface area contributed by atoms with Gasteiger partial charge >= 0.3 is 6.03 Å². The first-order valence-electron chi connectivity index (χ1n) is 2.71. The Morgan fingerprint density at radius 3 is 2.67 bits per heavy atom. The van der Waals surface area contributed by atoms with Crippen LogP contribution in [0.4, 0.5) is 4.79 Å². The third-order valence-corrected chi connectivity index (χ3v) is 0.547. The van der Waals surface area contributed by atoms with E-state index in [9.17, 15) is 4.79 Å². The van der Waals surface area contributed by atoms with Crippen LogP contribution in [0.5, 0.6) is 0 Å². The van der Waals surface area contributed by atoms with Crippen LogP contribution >= 0.6 is 0 Å². The van der Waals surface area contributed by atoms with Crippen LogP contribution in [0.15, 0.2) is 5.10 Å². The van der Waals surface area contributed by atoms with Crippen molar-refractivity contribution in [3.8, 4) is 0 Å². The Morgan fingerprint density at radius 2 is 2.33 bits per heavy atom. The summed E-state index contributed by atoms with van der Waals surface area (Å²) >= 11 is 0. The third kappa shape index (κ3) is 6.94. The first kappa shape index (κ1) is 7.94. The Kier molecular flexibility index (Phi) is 3.43. The molecular weight excluding hydrogens is 118 g/mol. The van der Waals surface area contributed by atoms with Gasteiger partial charge in [-0.2, -0.15) is 5.10 Å². The maximum absolute atomic E-state index is 9.98. The molecule has 0 unspecified atom stereocenters. The lowest BCUT2D eigenvalue weighted by Gasteiger charge is -1.92. The number of nitrogens with zero attached hydrogens (tertiary/aromatic N) is 1. The Labute approximate surface area is 54.1 Å². The van der Waals surface area contributed by atoms with Gasteiger partial charge in [-0.15, -0.1) is 0 Å². The maximum atomic E-state index is 9.98. The molecule has 0 saturated heterocycles. The molecule has 9 heavy (non-hydrogen) atoms. The van der Waals surface area contributed by atoms with Crippen LogP contribution in [0.2, 0.25) is 0 Å². The number of carbonyl (C=O) groups is 1. The van der Waals surface area contributed by atoms with Crippen LogP contribution < -0.4 is 11.2 Å². The fourth-order valence-electron chi connectivity index (χ4n) is 0.250. The molecule has 2 amide bonds. The van der Waals surface area contributed by atoms with E-state index >= 15 is 0 Å². The number of primary amides is 1. The molecule has 0 bridgehead atoms. The van der Waals surface area contributed by atoms with Crippen molar-refractivity contribution >= 4 is 12.2 Å². The number of hydrazone groups is 1. The van der Waals surface area contributed by atoms with E-state index in [1.807, 2.05) is 13.8 Å². The molecule has 0 aromatic rings. The lowest BCUT2D eigenvalue weighted by atomic mass is 10.3. The van der Waals surface area contributed by atoms with Crippen molar-refractivity contribution in [3.63, 3.8) is 0 Å². The summed E-state index contributed by atoms with van der Waals surface area (Å²) in [5, 5.41) is 3.52. The second-order valence-corrected chi connectivity index (χ2v) is 2.00. The molecule has 0 rings (SSSR count). The molecule has 0 aliphatic heterocycles. The van der Waals surface area contributed by atoms with Crippen LogP contribution in [0, 0.1) is 5.92 Å². The number of urea groups is 1. The molecular formula is C5H11N3O. The monoisotopic (exact) mass is 129 g/mol. The fourth-order valence-corrected chi connectivity index (χ4v) is 0.250. The molecule has 4 heteroatoms. The number of hydrogen-bond donors (Lipinski definition) is 2. The summed E-state index contributed by atoms with van der Waals surface area (Å²) in [6, 6.07) is -0.632. The maximum Gasteiger partial charge on any atom is 0.332 e. The standard InChI is InChI=1S/C5H11N3O/c1-4(2)3-7-8-5(6)9/h3-4H,1-2H3,(H3,6,8,9)/b7-3-. The van der Waals surface area contributed by atoms with Crippen LogP contribution in [0.1, 0.15) is 13.8 Å². The van der Waals surface area contributed by atoms with Gasteiger partial charge in [0.05, 0.1) is 0 Å². The number of rotatable bonds is 2. The predicted octanol–water partition coefficient (Wildman–Crippen LogP) is 0.297. The Hall–Kier alpha value is -1.06. The highest BCUT2D eigenvalue weighted by atomic mass is 16.2. The highest BCUT2D eigenvalue weighted by Crippen LogP contribution is 1.82. The molecule has 0 aliphatic carbocycles. The third-order valence-electron chi connectivity index (χ3n) is 0.547. The van der Waals surface area contributed by atoms with Gasteiger partial charge in [-0.1, -0.05) is 13.8 Å². The molecule has 0 aliphatic rings. The van der Waals surface area contributed by atoms with E-state index in [2.05, 4.69) is 10.5 Å². The summed E-state index contributed by atoms with van der Waals surface area (Å²) in [5.41, 5.74) is 6.80. The average Bonchev–Trinajstić information content (AvgIpc) is 1.63. The summed E-state index contributed by atoms with van der Waals surface area (Å²) in [4.78, 5) is 9.98. The molecule has 52 valence electrons. The van der Waals surface area contributed by atoms with Crippen molar-refractivity contribution in [2.24, 2.45) is 16.8 Å². The van der Waals surface area contributed by atoms with Crippen molar-refractivity contribution in [2.75, 3.05) is 0 Å². The number of nitrogens with one attached hydrogen (secondary N) is 1.